The standard InChI is InChI=1S/C14H19FN2O2/c1-19-13-5-4-10(9-12(13)15)14(18)17-8-6-11-3-2-7-16-11/h4-5,9,11,16H,2-3,6-8H2,1H3,(H,17,18)/t11-/m0/s1. The number of hydrogen-bond acceptors (Lipinski definition) is 3. The largest absolute Gasteiger partial charge is 0.494 e. The lowest BCUT2D eigenvalue weighted by atomic mass is 10.1. The Bertz CT molecular complexity index is 445. The van der Waals surface area contributed by atoms with Crippen LogP contribution in [0.2, 0.25) is 0 Å². The first-order chi connectivity index (χ1) is 9.20. The van der Waals surface area contributed by atoms with Crippen LogP contribution >= 0.6 is 0 Å². The van der Waals surface area contributed by atoms with Crippen molar-refractivity contribution in [3.8, 4) is 5.75 Å². The van der Waals surface area contributed by atoms with Crippen LogP contribution in [0.1, 0.15) is 29.6 Å². The number of ether oxygens (including phenoxy) is 1. The number of rotatable bonds is 5. The summed E-state index contributed by atoms with van der Waals surface area (Å²) in [4.78, 5) is 11.8. The van der Waals surface area contributed by atoms with Gasteiger partial charge in [-0.15, -0.1) is 0 Å². The Labute approximate surface area is 112 Å². The van der Waals surface area contributed by atoms with Crippen LogP contribution in [0.25, 0.3) is 0 Å². The first kappa shape index (κ1) is 13.8. The highest BCUT2D eigenvalue weighted by atomic mass is 19.1. The summed E-state index contributed by atoms with van der Waals surface area (Å²) in [6, 6.07) is 4.71. The molecule has 1 atom stereocenters. The fraction of sp³-hybridized carbons (Fsp3) is 0.500. The van der Waals surface area contributed by atoms with Gasteiger partial charge in [-0.25, -0.2) is 4.39 Å². The lowest BCUT2D eigenvalue weighted by Gasteiger charge is -2.11. The van der Waals surface area contributed by atoms with E-state index in [0.29, 0.717) is 18.2 Å². The van der Waals surface area contributed by atoms with E-state index in [2.05, 4.69) is 10.6 Å². The third-order valence-electron chi connectivity index (χ3n) is 3.35. The highest BCUT2D eigenvalue weighted by Gasteiger charge is 2.14. The molecule has 1 aromatic carbocycles. The molecule has 1 aliphatic rings. The predicted octanol–water partition coefficient (Wildman–Crippen LogP) is 1.71. The summed E-state index contributed by atoms with van der Waals surface area (Å²) in [6.45, 7) is 1.66. The van der Waals surface area contributed by atoms with Gasteiger partial charge in [-0.05, 0) is 44.0 Å². The number of carbonyl (C=O) groups is 1. The van der Waals surface area contributed by atoms with Gasteiger partial charge in [-0.2, -0.15) is 0 Å². The summed E-state index contributed by atoms with van der Waals surface area (Å²) in [7, 11) is 1.40. The predicted molar refractivity (Wildman–Crippen MR) is 70.9 cm³/mol. The number of benzene rings is 1. The van der Waals surface area contributed by atoms with E-state index in [1.165, 1.54) is 25.7 Å². The van der Waals surface area contributed by atoms with Crippen LogP contribution in [-0.2, 0) is 0 Å². The van der Waals surface area contributed by atoms with Gasteiger partial charge in [0.25, 0.3) is 5.91 Å². The van der Waals surface area contributed by atoms with Gasteiger partial charge in [0.1, 0.15) is 0 Å². The van der Waals surface area contributed by atoms with E-state index in [-0.39, 0.29) is 11.7 Å². The maximum Gasteiger partial charge on any atom is 0.251 e. The lowest BCUT2D eigenvalue weighted by molar-refractivity contribution is 0.0952. The normalized spacial score (nSPS) is 18.3. The quantitative estimate of drug-likeness (QED) is 0.853. The molecule has 4 nitrogen and oxygen atoms in total. The second-order valence-corrected chi connectivity index (χ2v) is 4.69. The first-order valence-corrected chi connectivity index (χ1v) is 6.56. The molecular formula is C14H19FN2O2. The minimum atomic E-state index is -0.521. The van der Waals surface area contributed by atoms with Gasteiger partial charge in [0.2, 0.25) is 0 Å². The molecule has 2 N–H and O–H groups in total. The SMILES string of the molecule is COc1ccc(C(=O)NCC[C@@H]2CCCN2)cc1F. The van der Waals surface area contributed by atoms with Crippen molar-refractivity contribution < 1.29 is 13.9 Å². The van der Waals surface area contributed by atoms with Gasteiger partial charge in [-0.1, -0.05) is 0 Å². The zero-order valence-corrected chi connectivity index (χ0v) is 11.0. The number of amides is 1. The molecule has 1 fully saturated rings. The number of nitrogens with one attached hydrogen (secondary N) is 2. The minimum absolute atomic E-state index is 0.145. The topological polar surface area (TPSA) is 50.4 Å². The van der Waals surface area contributed by atoms with Gasteiger partial charge in [-0.3, -0.25) is 4.79 Å². The molecule has 2 rings (SSSR count). The molecule has 1 aromatic rings. The second kappa shape index (κ2) is 6.52. The van der Waals surface area contributed by atoms with Crippen molar-refractivity contribution in [3.63, 3.8) is 0 Å². The summed E-state index contributed by atoms with van der Waals surface area (Å²) in [6.07, 6.45) is 3.26. The van der Waals surface area contributed by atoms with E-state index in [9.17, 15) is 9.18 Å². The van der Waals surface area contributed by atoms with Crippen LogP contribution in [0.3, 0.4) is 0 Å². The molecule has 1 heterocycles. The third kappa shape index (κ3) is 3.67. The van der Waals surface area contributed by atoms with Crippen molar-refractivity contribution in [1.82, 2.24) is 10.6 Å². The fourth-order valence-electron chi connectivity index (χ4n) is 2.27. The molecule has 19 heavy (non-hydrogen) atoms. The Morgan fingerprint density at radius 1 is 1.58 bits per heavy atom. The molecule has 0 aromatic heterocycles. The maximum absolute atomic E-state index is 13.5. The van der Waals surface area contributed by atoms with Gasteiger partial charge in [0, 0.05) is 18.2 Å². The average molecular weight is 266 g/mol. The Kier molecular flexibility index (Phi) is 4.74. The second-order valence-electron chi connectivity index (χ2n) is 4.69. The number of methoxy groups -OCH3 is 1. The molecule has 1 aliphatic heterocycles. The van der Waals surface area contributed by atoms with E-state index in [4.69, 9.17) is 4.74 Å². The van der Waals surface area contributed by atoms with Crippen molar-refractivity contribution in [2.75, 3.05) is 20.2 Å². The van der Waals surface area contributed by atoms with E-state index in [0.717, 1.165) is 19.4 Å². The van der Waals surface area contributed by atoms with Crippen LogP contribution < -0.4 is 15.4 Å². The minimum Gasteiger partial charge on any atom is -0.494 e. The average Bonchev–Trinajstić information content (AvgIpc) is 2.91. The Hall–Kier alpha value is -1.62. The number of carbonyl (C=O) groups excluding carboxylic acids is 1. The number of hydrogen-bond donors (Lipinski definition) is 2. The monoisotopic (exact) mass is 266 g/mol. The van der Waals surface area contributed by atoms with Crippen LogP contribution in [0, 0.1) is 5.82 Å². The van der Waals surface area contributed by atoms with Gasteiger partial charge in [0.05, 0.1) is 7.11 Å². The molecule has 1 amide bonds. The van der Waals surface area contributed by atoms with Gasteiger partial charge in [0.15, 0.2) is 11.6 Å². The van der Waals surface area contributed by atoms with E-state index >= 15 is 0 Å². The van der Waals surface area contributed by atoms with Crippen molar-refractivity contribution in [2.24, 2.45) is 0 Å². The Morgan fingerprint density at radius 3 is 3.05 bits per heavy atom. The summed E-state index contributed by atoms with van der Waals surface area (Å²) >= 11 is 0. The summed E-state index contributed by atoms with van der Waals surface area (Å²) < 4.78 is 18.3. The van der Waals surface area contributed by atoms with Gasteiger partial charge >= 0.3 is 0 Å². The van der Waals surface area contributed by atoms with Crippen molar-refractivity contribution in [1.29, 1.82) is 0 Å². The molecule has 104 valence electrons. The smallest absolute Gasteiger partial charge is 0.251 e. The van der Waals surface area contributed by atoms with Crippen molar-refractivity contribution in [3.05, 3.63) is 29.6 Å². The highest BCUT2D eigenvalue weighted by molar-refractivity contribution is 5.94. The zero-order valence-electron chi connectivity index (χ0n) is 11.0. The summed E-state index contributed by atoms with van der Waals surface area (Å²) in [5.41, 5.74) is 0.317. The van der Waals surface area contributed by atoms with Crippen LogP contribution in [-0.4, -0.2) is 32.1 Å². The lowest BCUT2D eigenvalue weighted by Crippen LogP contribution is -2.30. The highest BCUT2D eigenvalue weighted by Crippen LogP contribution is 2.17. The van der Waals surface area contributed by atoms with Gasteiger partial charge < -0.3 is 15.4 Å². The van der Waals surface area contributed by atoms with E-state index < -0.39 is 5.82 Å². The fourth-order valence-corrected chi connectivity index (χ4v) is 2.27. The Morgan fingerprint density at radius 2 is 2.42 bits per heavy atom. The van der Waals surface area contributed by atoms with Crippen molar-refractivity contribution in [2.45, 2.75) is 25.3 Å². The zero-order chi connectivity index (χ0) is 13.7. The van der Waals surface area contributed by atoms with E-state index in [1.807, 2.05) is 0 Å². The molecule has 0 saturated carbocycles. The molecule has 0 unspecified atom stereocenters. The van der Waals surface area contributed by atoms with Crippen molar-refractivity contribution >= 4 is 5.91 Å². The molecule has 0 aliphatic carbocycles. The Balaban J connectivity index is 1.83. The van der Waals surface area contributed by atoms with Crippen LogP contribution in [0.15, 0.2) is 18.2 Å². The number of halogens is 1. The molecule has 1 saturated heterocycles. The third-order valence-corrected chi connectivity index (χ3v) is 3.35. The summed E-state index contributed by atoms with van der Waals surface area (Å²) in [5, 5.41) is 6.17. The molecular weight excluding hydrogens is 247 g/mol. The first-order valence-electron chi connectivity index (χ1n) is 6.56. The van der Waals surface area contributed by atoms with Crippen LogP contribution in [0.5, 0.6) is 5.75 Å². The molecule has 0 bridgehead atoms. The molecule has 0 radical (unpaired) electrons. The van der Waals surface area contributed by atoms with Crippen LogP contribution in [0.4, 0.5) is 4.39 Å². The maximum atomic E-state index is 13.5. The van der Waals surface area contributed by atoms with E-state index in [1.54, 1.807) is 6.07 Å². The molecule has 0 spiro atoms. The molecule has 5 heteroatoms. The summed E-state index contributed by atoms with van der Waals surface area (Å²) in [5.74, 6) is -0.626.